The quantitative estimate of drug-likeness (QED) is 0.688. The van der Waals surface area contributed by atoms with Crippen molar-refractivity contribution in [3.8, 4) is 0 Å². The van der Waals surface area contributed by atoms with Crippen LogP contribution >= 0.6 is 19.2 Å². The molecular formula is C10H12ClOP. The molecule has 13 heavy (non-hydrogen) atoms. The summed E-state index contributed by atoms with van der Waals surface area (Å²) in [7, 11) is -0.168. The molecule has 0 heterocycles. The molecule has 0 aliphatic rings. The fourth-order valence-corrected chi connectivity index (χ4v) is 2.36. The SMILES string of the molecule is Cc1cc(C)c(C(=O)PCl)c(C)c1. The third kappa shape index (κ3) is 2.30. The summed E-state index contributed by atoms with van der Waals surface area (Å²) in [5.41, 5.74) is 4.06. The van der Waals surface area contributed by atoms with E-state index in [9.17, 15) is 4.79 Å². The van der Waals surface area contributed by atoms with Crippen LogP contribution in [0.4, 0.5) is 0 Å². The Labute approximate surface area is 85.1 Å². The van der Waals surface area contributed by atoms with E-state index in [0.717, 1.165) is 16.7 Å². The first kappa shape index (κ1) is 10.7. The molecule has 70 valence electrons. The van der Waals surface area contributed by atoms with Gasteiger partial charge < -0.3 is 0 Å². The summed E-state index contributed by atoms with van der Waals surface area (Å²) in [5.74, 6) is 0. The number of benzene rings is 1. The van der Waals surface area contributed by atoms with Crippen molar-refractivity contribution in [3.05, 3.63) is 34.4 Å². The Bertz CT molecular complexity index is 324. The normalized spacial score (nSPS) is 11.1. The molecule has 0 saturated heterocycles. The smallest absolute Gasteiger partial charge is 0.197 e. The van der Waals surface area contributed by atoms with Crippen molar-refractivity contribution in [2.75, 3.05) is 0 Å². The molecule has 0 aromatic heterocycles. The molecule has 0 spiro atoms. The Morgan fingerprint density at radius 1 is 1.23 bits per heavy atom. The van der Waals surface area contributed by atoms with E-state index >= 15 is 0 Å². The molecule has 3 heteroatoms. The van der Waals surface area contributed by atoms with E-state index in [0.29, 0.717) is 0 Å². The van der Waals surface area contributed by atoms with Gasteiger partial charge in [-0.1, -0.05) is 28.9 Å². The molecule has 0 radical (unpaired) electrons. The summed E-state index contributed by atoms with van der Waals surface area (Å²) < 4.78 is 0. The maximum atomic E-state index is 11.4. The second kappa shape index (κ2) is 4.21. The molecule has 0 fully saturated rings. The molecule has 0 N–H and O–H groups in total. The summed E-state index contributed by atoms with van der Waals surface area (Å²) in [6.07, 6.45) is 0. The number of hydrogen-bond acceptors (Lipinski definition) is 1. The first-order valence-corrected chi connectivity index (χ1v) is 6.06. The van der Waals surface area contributed by atoms with Crippen LogP contribution in [0.15, 0.2) is 12.1 Å². The second-order valence-corrected chi connectivity index (χ2v) is 4.41. The average molecular weight is 215 g/mol. The zero-order chi connectivity index (χ0) is 10.0. The summed E-state index contributed by atoms with van der Waals surface area (Å²) in [6, 6.07) is 4.02. The maximum Gasteiger partial charge on any atom is 0.197 e. The zero-order valence-electron chi connectivity index (χ0n) is 7.94. The molecule has 1 rings (SSSR count). The van der Waals surface area contributed by atoms with Gasteiger partial charge in [0.15, 0.2) is 5.52 Å². The largest absolute Gasteiger partial charge is 0.288 e. The van der Waals surface area contributed by atoms with Crippen LogP contribution in [0.3, 0.4) is 0 Å². The fraction of sp³-hybridized carbons (Fsp3) is 0.300. The highest BCUT2D eigenvalue weighted by Gasteiger charge is 2.11. The Morgan fingerprint density at radius 3 is 2.08 bits per heavy atom. The lowest BCUT2D eigenvalue weighted by Crippen LogP contribution is -1.98. The monoisotopic (exact) mass is 214 g/mol. The fourth-order valence-electron chi connectivity index (χ4n) is 1.59. The summed E-state index contributed by atoms with van der Waals surface area (Å²) in [6.45, 7) is 5.92. The molecule has 1 atom stereocenters. The van der Waals surface area contributed by atoms with E-state index in [1.54, 1.807) is 0 Å². The van der Waals surface area contributed by atoms with Crippen LogP contribution in [-0.4, -0.2) is 5.52 Å². The lowest BCUT2D eigenvalue weighted by molar-refractivity contribution is 0.108. The van der Waals surface area contributed by atoms with Gasteiger partial charge in [-0.05, 0) is 31.9 Å². The van der Waals surface area contributed by atoms with E-state index in [1.165, 1.54) is 5.56 Å². The molecule has 0 saturated carbocycles. The highest BCUT2D eigenvalue weighted by molar-refractivity contribution is 7.83. The summed E-state index contributed by atoms with van der Waals surface area (Å²) in [5, 5.41) is 0. The molecule has 0 bridgehead atoms. The van der Waals surface area contributed by atoms with E-state index in [2.05, 4.69) is 0 Å². The minimum absolute atomic E-state index is 0.0386. The molecule has 1 aromatic rings. The van der Waals surface area contributed by atoms with E-state index < -0.39 is 0 Å². The Kier molecular flexibility index (Phi) is 3.47. The number of carbonyl (C=O) groups is 1. The van der Waals surface area contributed by atoms with Gasteiger partial charge in [-0.3, -0.25) is 4.79 Å². The van der Waals surface area contributed by atoms with Gasteiger partial charge in [-0.2, -0.15) is 0 Å². The topological polar surface area (TPSA) is 17.1 Å². The average Bonchev–Trinajstić information content (AvgIpc) is 2.02. The van der Waals surface area contributed by atoms with Gasteiger partial charge in [0.25, 0.3) is 0 Å². The maximum absolute atomic E-state index is 11.4. The van der Waals surface area contributed by atoms with Crippen molar-refractivity contribution < 1.29 is 4.79 Å². The number of hydrogen-bond donors (Lipinski definition) is 0. The van der Waals surface area contributed by atoms with Gasteiger partial charge in [0, 0.05) is 5.56 Å². The van der Waals surface area contributed by atoms with Gasteiger partial charge >= 0.3 is 0 Å². The van der Waals surface area contributed by atoms with E-state index in [1.807, 2.05) is 32.9 Å². The Morgan fingerprint density at radius 2 is 1.69 bits per heavy atom. The second-order valence-electron chi connectivity index (χ2n) is 3.20. The number of halogens is 1. The summed E-state index contributed by atoms with van der Waals surface area (Å²) in [4.78, 5) is 11.4. The van der Waals surface area contributed by atoms with Crippen molar-refractivity contribution in [3.63, 3.8) is 0 Å². The van der Waals surface area contributed by atoms with Crippen molar-refractivity contribution in [2.45, 2.75) is 20.8 Å². The molecule has 1 unspecified atom stereocenters. The first-order chi connectivity index (χ1) is 6.06. The first-order valence-electron chi connectivity index (χ1n) is 4.05. The highest BCUT2D eigenvalue weighted by Crippen LogP contribution is 2.27. The molecule has 0 amide bonds. The van der Waals surface area contributed by atoms with Crippen molar-refractivity contribution >= 4 is 24.7 Å². The molecule has 1 nitrogen and oxygen atoms in total. The zero-order valence-corrected chi connectivity index (χ0v) is 9.70. The van der Waals surface area contributed by atoms with Crippen molar-refractivity contribution in [2.24, 2.45) is 0 Å². The van der Waals surface area contributed by atoms with E-state index in [-0.39, 0.29) is 13.5 Å². The van der Waals surface area contributed by atoms with Crippen molar-refractivity contribution in [1.29, 1.82) is 0 Å². The standard InChI is InChI=1S/C10H12ClOP/c1-6-4-7(2)9(8(3)5-6)10(12)13-11/h4-5,13H,1-3H3. The molecule has 0 aliphatic heterocycles. The Hall–Kier alpha value is -0.390. The van der Waals surface area contributed by atoms with E-state index in [4.69, 9.17) is 11.2 Å². The molecular weight excluding hydrogens is 203 g/mol. The summed E-state index contributed by atoms with van der Waals surface area (Å²) >= 11 is 5.55. The molecule has 0 aliphatic carbocycles. The molecule has 1 aromatic carbocycles. The number of rotatable bonds is 2. The lowest BCUT2D eigenvalue weighted by atomic mass is 10.0. The van der Waals surface area contributed by atoms with Crippen LogP contribution in [-0.2, 0) is 0 Å². The predicted molar refractivity (Wildman–Crippen MR) is 59.2 cm³/mol. The van der Waals surface area contributed by atoms with Crippen LogP contribution in [0.5, 0.6) is 0 Å². The van der Waals surface area contributed by atoms with Gasteiger partial charge in [0.2, 0.25) is 0 Å². The predicted octanol–water partition coefficient (Wildman–Crippen LogP) is 3.58. The van der Waals surface area contributed by atoms with Gasteiger partial charge in [-0.15, -0.1) is 0 Å². The minimum atomic E-state index is -0.168. The van der Waals surface area contributed by atoms with Crippen LogP contribution < -0.4 is 0 Å². The van der Waals surface area contributed by atoms with Gasteiger partial charge in [-0.25, -0.2) is 0 Å². The third-order valence-corrected chi connectivity index (χ3v) is 2.93. The highest BCUT2D eigenvalue weighted by atomic mass is 35.7. The van der Waals surface area contributed by atoms with Crippen LogP contribution in [0.25, 0.3) is 0 Å². The minimum Gasteiger partial charge on any atom is -0.288 e. The number of carbonyl (C=O) groups excluding carboxylic acids is 1. The van der Waals surface area contributed by atoms with Gasteiger partial charge in [0.05, 0.1) is 7.93 Å². The van der Waals surface area contributed by atoms with Gasteiger partial charge in [0.1, 0.15) is 0 Å². The lowest BCUT2D eigenvalue weighted by Gasteiger charge is -2.07. The third-order valence-electron chi connectivity index (χ3n) is 1.99. The van der Waals surface area contributed by atoms with Crippen LogP contribution in [0.2, 0.25) is 0 Å². The number of aryl methyl sites for hydroxylation is 3. The Balaban J connectivity index is 3.28. The van der Waals surface area contributed by atoms with Crippen LogP contribution in [0.1, 0.15) is 27.0 Å². The van der Waals surface area contributed by atoms with Crippen molar-refractivity contribution in [1.82, 2.24) is 0 Å². The van der Waals surface area contributed by atoms with Crippen LogP contribution in [0, 0.1) is 20.8 Å².